The topological polar surface area (TPSA) is 38.3 Å². The number of ether oxygens (including phenoxy) is 1. The van der Waals surface area contributed by atoms with Crippen LogP contribution in [0.5, 0.6) is 0 Å². The minimum atomic E-state index is -0.450. The van der Waals surface area contributed by atoms with E-state index in [4.69, 9.17) is 4.74 Å². The molecule has 0 amide bonds. The Bertz CT molecular complexity index is 706. The second kappa shape index (κ2) is 10.2. The second-order valence-corrected chi connectivity index (χ2v) is 9.20. The summed E-state index contributed by atoms with van der Waals surface area (Å²) in [7, 11) is 0. The summed E-state index contributed by atoms with van der Waals surface area (Å²) in [6.45, 7) is 7.67. The van der Waals surface area contributed by atoms with Crippen LogP contribution in [0.15, 0.2) is 40.2 Å². The Hall–Kier alpha value is -1.17. The van der Waals surface area contributed by atoms with Gasteiger partial charge in [0.25, 0.3) is 0 Å². The summed E-state index contributed by atoms with van der Waals surface area (Å²) in [6.07, 6.45) is 4.12. The van der Waals surface area contributed by atoms with E-state index in [1.165, 1.54) is 16.9 Å². The molecule has 142 valence electrons. The third-order valence-corrected chi connectivity index (χ3v) is 5.27. The van der Waals surface area contributed by atoms with Gasteiger partial charge in [-0.05, 0) is 94.3 Å². The van der Waals surface area contributed by atoms with Crippen LogP contribution in [0.1, 0.15) is 54.4 Å². The zero-order chi connectivity index (χ0) is 19.0. The zero-order valence-corrected chi connectivity index (χ0v) is 18.2. The molecule has 0 spiro atoms. The molecule has 1 heterocycles. The fraction of sp³-hybridized carbons (Fsp3) is 0.476. The normalized spacial score (nSPS) is 11.5. The number of thiophene rings is 1. The van der Waals surface area contributed by atoms with Crippen molar-refractivity contribution in [1.82, 2.24) is 5.32 Å². The fourth-order valence-corrected chi connectivity index (χ4v) is 3.95. The highest BCUT2D eigenvalue weighted by Gasteiger charge is 2.21. The van der Waals surface area contributed by atoms with Crippen molar-refractivity contribution in [3.63, 3.8) is 0 Å². The van der Waals surface area contributed by atoms with Gasteiger partial charge >= 0.3 is 5.97 Å². The molecular formula is C21H28BrNO2S. The lowest BCUT2D eigenvalue weighted by Gasteiger charge is -2.19. The summed E-state index contributed by atoms with van der Waals surface area (Å²) in [4.78, 5) is 13.0. The van der Waals surface area contributed by atoms with Crippen LogP contribution < -0.4 is 5.32 Å². The van der Waals surface area contributed by atoms with Crippen molar-refractivity contribution < 1.29 is 9.53 Å². The van der Waals surface area contributed by atoms with Crippen LogP contribution in [0.25, 0.3) is 0 Å². The van der Waals surface area contributed by atoms with Gasteiger partial charge in [-0.1, -0.05) is 28.1 Å². The molecule has 0 atom stereocenters. The molecular weight excluding hydrogens is 410 g/mol. The summed E-state index contributed by atoms with van der Waals surface area (Å²) in [5.41, 5.74) is 2.01. The van der Waals surface area contributed by atoms with Crippen molar-refractivity contribution in [3.05, 3.63) is 56.2 Å². The smallest absolute Gasteiger partial charge is 0.349 e. The molecule has 2 aromatic rings. The molecule has 0 radical (unpaired) electrons. The summed E-state index contributed by atoms with van der Waals surface area (Å²) < 4.78 is 6.62. The van der Waals surface area contributed by atoms with Crippen LogP contribution in [0.3, 0.4) is 0 Å². The third kappa shape index (κ3) is 7.60. The van der Waals surface area contributed by atoms with Crippen molar-refractivity contribution in [3.8, 4) is 0 Å². The van der Waals surface area contributed by atoms with E-state index in [2.05, 4.69) is 45.5 Å². The number of nitrogens with one attached hydrogen (secondary N) is 1. The first-order chi connectivity index (χ1) is 12.3. The first-order valence-electron chi connectivity index (χ1n) is 9.10. The molecule has 5 heteroatoms. The van der Waals surface area contributed by atoms with Crippen LogP contribution in [-0.2, 0) is 17.6 Å². The van der Waals surface area contributed by atoms with E-state index in [9.17, 15) is 4.79 Å². The van der Waals surface area contributed by atoms with Gasteiger partial charge in [0.15, 0.2) is 0 Å². The van der Waals surface area contributed by atoms with E-state index < -0.39 is 5.60 Å². The number of halogens is 1. The SMILES string of the molecule is CC(C)(C)OC(=O)c1sccc1CCCNCCCc1cccc(Br)c1. The largest absolute Gasteiger partial charge is 0.456 e. The van der Waals surface area contributed by atoms with E-state index in [1.54, 1.807) is 0 Å². The Morgan fingerprint density at radius 3 is 2.58 bits per heavy atom. The molecule has 0 saturated heterocycles. The van der Waals surface area contributed by atoms with Crippen molar-refractivity contribution >= 4 is 33.2 Å². The van der Waals surface area contributed by atoms with Gasteiger partial charge in [-0.25, -0.2) is 4.79 Å². The molecule has 2 rings (SSSR count). The van der Waals surface area contributed by atoms with E-state index >= 15 is 0 Å². The van der Waals surface area contributed by atoms with Gasteiger partial charge in [0, 0.05) is 4.47 Å². The maximum atomic E-state index is 12.2. The average Bonchev–Trinajstić information content (AvgIpc) is 3.01. The van der Waals surface area contributed by atoms with Crippen molar-refractivity contribution in [2.75, 3.05) is 13.1 Å². The lowest BCUT2D eigenvalue weighted by molar-refractivity contribution is 0.00741. The van der Waals surface area contributed by atoms with Gasteiger partial charge < -0.3 is 10.1 Å². The molecule has 0 bridgehead atoms. The van der Waals surface area contributed by atoms with E-state index in [1.807, 2.05) is 32.2 Å². The quantitative estimate of drug-likeness (QED) is 0.408. The molecule has 0 unspecified atom stereocenters. The number of hydrogen-bond donors (Lipinski definition) is 1. The monoisotopic (exact) mass is 437 g/mol. The first kappa shape index (κ1) is 21.1. The standard InChI is InChI=1S/C21H28BrNO2S/c1-21(2,3)25-20(24)19-17(11-14-26-19)9-6-13-23-12-5-8-16-7-4-10-18(22)15-16/h4,7,10-11,14-15,23H,5-6,8-9,12-13H2,1-3H3. The maximum Gasteiger partial charge on any atom is 0.349 e. The minimum absolute atomic E-state index is 0.204. The highest BCUT2D eigenvalue weighted by Crippen LogP contribution is 2.22. The van der Waals surface area contributed by atoms with Crippen LogP contribution in [0.4, 0.5) is 0 Å². The van der Waals surface area contributed by atoms with Crippen LogP contribution in [0.2, 0.25) is 0 Å². The number of carbonyl (C=O) groups is 1. The van der Waals surface area contributed by atoms with Gasteiger partial charge in [-0.3, -0.25) is 0 Å². The first-order valence-corrected chi connectivity index (χ1v) is 10.8. The second-order valence-electron chi connectivity index (χ2n) is 7.36. The molecule has 3 nitrogen and oxygen atoms in total. The Balaban J connectivity index is 1.64. The Kier molecular flexibility index (Phi) is 8.32. The Morgan fingerprint density at radius 1 is 1.15 bits per heavy atom. The predicted molar refractivity (Wildman–Crippen MR) is 113 cm³/mol. The van der Waals surface area contributed by atoms with Crippen LogP contribution in [-0.4, -0.2) is 24.7 Å². The molecule has 0 aliphatic rings. The average molecular weight is 438 g/mol. The lowest BCUT2D eigenvalue weighted by atomic mass is 10.1. The molecule has 26 heavy (non-hydrogen) atoms. The molecule has 1 N–H and O–H groups in total. The van der Waals surface area contributed by atoms with Crippen molar-refractivity contribution in [2.45, 2.75) is 52.1 Å². The molecule has 0 fully saturated rings. The highest BCUT2D eigenvalue weighted by molar-refractivity contribution is 9.10. The zero-order valence-electron chi connectivity index (χ0n) is 15.8. The minimum Gasteiger partial charge on any atom is -0.456 e. The maximum absolute atomic E-state index is 12.2. The number of rotatable bonds is 9. The van der Waals surface area contributed by atoms with Gasteiger partial charge in [0.1, 0.15) is 10.5 Å². The van der Waals surface area contributed by atoms with Gasteiger partial charge in [-0.2, -0.15) is 0 Å². The molecule has 0 aliphatic carbocycles. The van der Waals surface area contributed by atoms with Gasteiger partial charge in [0.05, 0.1) is 0 Å². The van der Waals surface area contributed by atoms with Gasteiger partial charge in [0.2, 0.25) is 0 Å². The number of aryl methyl sites for hydroxylation is 2. The molecule has 1 aromatic heterocycles. The molecule has 1 aromatic carbocycles. The third-order valence-electron chi connectivity index (χ3n) is 3.84. The Labute approximate surface area is 169 Å². The summed E-state index contributed by atoms with van der Waals surface area (Å²) >= 11 is 4.98. The summed E-state index contributed by atoms with van der Waals surface area (Å²) in [6, 6.07) is 10.5. The summed E-state index contributed by atoms with van der Waals surface area (Å²) in [5, 5.41) is 5.47. The van der Waals surface area contributed by atoms with Crippen LogP contribution >= 0.6 is 27.3 Å². The number of carbonyl (C=O) groups excluding carboxylic acids is 1. The Morgan fingerprint density at radius 2 is 1.88 bits per heavy atom. The van der Waals surface area contributed by atoms with E-state index in [0.29, 0.717) is 0 Å². The predicted octanol–water partition coefficient (Wildman–Crippen LogP) is 5.62. The molecule has 0 aliphatic heterocycles. The van der Waals surface area contributed by atoms with Crippen molar-refractivity contribution in [1.29, 1.82) is 0 Å². The molecule has 0 saturated carbocycles. The van der Waals surface area contributed by atoms with Crippen molar-refractivity contribution in [2.24, 2.45) is 0 Å². The number of benzene rings is 1. The fourth-order valence-electron chi connectivity index (χ4n) is 2.67. The van der Waals surface area contributed by atoms with Crippen LogP contribution in [0, 0.1) is 0 Å². The lowest BCUT2D eigenvalue weighted by Crippen LogP contribution is -2.24. The highest BCUT2D eigenvalue weighted by atomic mass is 79.9. The van der Waals surface area contributed by atoms with E-state index in [-0.39, 0.29) is 5.97 Å². The summed E-state index contributed by atoms with van der Waals surface area (Å²) in [5.74, 6) is -0.204. The number of hydrogen-bond acceptors (Lipinski definition) is 4. The number of esters is 1. The van der Waals surface area contributed by atoms with Gasteiger partial charge in [-0.15, -0.1) is 11.3 Å². The van der Waals surface area contributed by atoms with E-state index in [0.717, 1.165) is 53.7 Å².